The molecule has 2 aromatic heterocycles. The average molecular weight is 446 g/mol. The Kier molecular flexibility index (Phi) is 5.36. The Morgan fingerprint density at radius 3 is 2.48 bits per heavy atom. The number of hydrogen-bond donors (Lipinski definition) is 2. The maximum absolute atomic E-state index is 10.5. The smallest absolute Gasteiger partial charge is 0.174 e. The molecule has 0 aliphatic carbocycles. The maximum atomic E-state index is 10.5. The highest BCUT2D eigenvalue weighted by molar-refractivity contribution is 7.99. The first-order chi connectivity index (χ1) is 15.2. The molecule has 1 saturated heterocycles. The van der Waals surface area contributed by atoms with Crippen LogP contribution in [0.3, 0.4) is 0 Å². The van der Waals surface area contributed by atoms with E-state index in [1.165, 1.54) is 0 Å². The molecule has 1 aliphatic rings. The van der Waals surface area contributed by atoms with Crippen molar-refractivity contribution in [3.05, 3.63) is 103 Å². The molecule has 0 spiro atoms. The van der Waals surface area contributed by atoms with Gasteiger partial charge in [0.1, 0.15) is 17.6 Å². The summed E-state index contributed by atoms with van der Waals surface area (Å²) >= 11 is 7.24. The van der Waals surface area contributed by atoms with Crippen LogP contribution in [0.25, 0.3) is 0 Å². The monoisotopic (exact) mass is 445 g/mol. The van der Waals surface area contributed by atoms with Crippen LogP contribution < -0.4 is 10.2 Å². The van der Waals surface area contributed by atoms with Crippen molar-refractivity contribution in [1.82, 2.24) is 10.3 Å². The number of para-hydroxylation sites is 2. The fourth-order valence-electron chi connectivity index (χ4n) is 3.72. The SMILES string of the molecule is Oc1ccccc1N1C(=S)N[C@H](c2ccccn2)[C@@H]1c1ccc(Sc2ccccc2)o1. The number of rotatable bonds is 5. The molecule has 5 nitrogen and oxygen atoms in total. The average Bonchev–Trinajstić information content (AvgIpc) is 3.39. The number of phenolic OH excluding ortho intramolecular Hbond substituents is 1. The maximum Gasteiger partial charge on any atom is 0.174 e. The molecule has 0 amide bonds. The van der Waals surface area contributed by atoms with Gasteiger partial charge in [0.2, 0.25) is 0 Å². The van der Waals surface area contributed by atoms with Gasteiger partial charge in [-0.25, -0.2) is 0 Å². The van der Waals surface area contributed by atoms with E-state index in [2.05, 4.69) is 10.3 Å². The molecule has 3 heterocycles. The first kappa shape index (κ1) is 19.7. The van der Waals surface area contributed by atoms with Crippen LogP contribution in [0.15, 0.2) is 106 Å². The first-order valence-electron chi connectivity index (χ1n) is 9.82. The molecule has 2 N–H and O–H groups in total. The molecule has 0 bridgehead atoms. The van der Waals surface area contributed by atoms with Gasteiger partial charge in [0.25, 0.3) is 0 Å². The van der Waals surface area contributed by atoms with E-state index in [-0.39, 0.29) is 17.8 Å². The molecule has 0 unspecified atom stereocenters. The van der Waals surface area contributed by atoms with Crippen molar-refractivity contribution in [2.45, 2.75) is 22.1 Å². The van der Waals surface area contributed by atoms with Crippen LogP contribution in [0.5, 0.6) is 5.75 Å². The molecule has 1 fully saturated rings. The lowest BCUT2D eigenvalue weighted by Gasteiger charge is -2.26. The predicted molar refractivity (Wildman–Crippen MR) is 125 cm³/mol. The Morgan fingerprint density at radius 1 is 0.935 bits per heavy atom. The summed E-state index contributed by atoms with van der Waals surface area (Å²) in [5, 5.41) is 15.2. The molecule has 5 rings (SSSR count). The molecule has 0 radical (unpaired) electrons. The Labute approximate surface area is 189 Å². The van der Waals surface area contributed by atoms with Crippen LogP contribution in [0, 0.1) is 0 Å². The fraction of sp³-hybridized carbons (Fsp3) is 0.0833. The highest BCUT2D eigenvalue weighted by Gasteiger charge is 2.43. The van der Waals surface area contributed by atoms with Crippen molar-refractivity contribution >= 4 is 34.8 Å². The van der Waals surface area contributed by atoms with Gasteiger partial charge in [-0.05, 0) is 60.7 Å². The fourth-order valence-corrected chi connectivity index (χ4v) is 4.86. The van der Waals surface area contributed by atoms with E-state index in [1.807, 2.05) is 77.7 Å². The molecule has 2 aromatic carbocycles. The Balaban J connectivity index is 1.55. The number of phenols is 1. The van der Waals surface area contributed by atoms with E-state index >= 15 is 0 Å². The number of hydrogen-bond acceptors (Lipinski definition) is 5. The second-order valence-corrected chi connectivity index (χ2v) is 8.52. The minimum absolute atomic E-state index is 0.156. The zero-order valence-electron chi connectivity index (χ0n) is 16.4. The number of pyridine rings is 1. The summed E-state index contributed by atoms with van der Waals surface area (Å²) < 4.78 is 6.28. The molecule has 0 saturated carbocycles. The van der Waals surface area contributed by atoms with Crippen LogP contribution >= 0.6 is 24.0 Å². The minimum Gasteiger partial charge on any atom is -0.506 e. The lowest BCUT2D eigenvalue weighted by Crippen LogP contribution is -2.29. The molecular weight excluding hydrogens is 426 g/mol. The van der Waals surface area contributed by atoms with Gasteiger partial charge in [0.05, 0.1) is 17.4 Å². The van der Waals surface area contributed by atoms with Crippen molar-refractivity contribution in [2.75, 3.05) is 4.90 Å². The van der Waals surface area contributed by atoms with Gasteiger partial charge in [0.15, 0.2) is 10.2 Å². The van der Waals surface area contributed by atoms with Crippen LogP contribution in [0.2, 0.25) is 0 Å². The summed E-state index contributed by atoms with van der Waals surface area (Å²) in [4.78, 5) is 7.54. The quantitative estimate of drug-likeness (QED) is 0.382. The van der Waals surface area contributed by atoms with Gasteiger partial charge >= 0.3 is 0 Å². The van der Waals surface area contributed by atoms with Crippen molar-refractivity contribution in [2.24, 2.45) is 0 Å². The predicted octanol–water partition coefficient (Wildman–Crippen LogP) is 5.71. The largest absolute Gasteiger partial charge is 0.506 e. The molecular formula is C24H19N3O2S2. The highest BCUT2D eigenvalue weighted by atomic mass is 32.2. The molecule has 1 aliphatic heterocycles. The van der Waals surface area contributed by atoms with E-state index in [9.17, 15) is 5.11 Å². The van der Waals surface area contributed by atoms with E-state index in [1.54, 1.807) is 30.1 Å². The van der Waals surface area contributed by atoms with Crippen LogP contribution in [0.4, 0.5) is 5.69 Å². The first-order valence-corrected chi connectivity index (χ1v) is 11.0. The highest BCUT2D eigenvalue weighted by Crippen LogP contribution is 2.45. The van der Waals surface area contributed by atoms with E-state index in [0.29, 0.717) is 10.8 Å². The number of nitrogens with zero attached hydrogens (tertiary/aromatic N) is 2. The van der Waals surface area contributed by atoms with Gasteiger partial charge in [-0.1, -0.05) is 48.2 Å². The van der Waals surface area contributed by atoms with Gasteiger partial charge in [-0.2, -0.15) is 0 Å². The normalized spacial score (nSPS) is 18.2. The van der Waals surface area contributed by atoms with Gasteiger partial charge < -0.3 is 19.7 Å². The van der Waals surface area contributed by atoms with Crippen LogP contribution in [0.1, 0.15) is 23.5 Å². The van der Waals surface area contributed by atoms with E-state index in [4.69, 9.17) is 16.6 Å². The lowest BCUT2D eigenvalue weighted by atomic mass is 10.0. The summed E-state index contributed by atoms with van der Waals surface area (Å²) in [6.45, 7) is 0. The topological polar surface area (TPSA) is 61.5 Å². The summed E-state index contributed by atoms with van der Waals surface area (Å²) in [5.41, 5.74) is 1.47. The Hall–Kier alpha value is -3.29. The third kappa shape index (κ3) is 3.89. The number of anilines is 1. The summed E-state index contributed by atoms with van der Waals surface area (Å²) in [7, 11) is 0. The molecule has 7 heteroatoms. The Bertz CT molecular complexity index is 1200. The minimum atomic E-state index is -0.305. The summed E-state index contributed by atoms with van der Waals surface area (Å²) in [5.74, 6) is 0.897. The second-order valence-electron chi connectivity index (χ2n) is 7.06. The number of furan rings is 1. The van der Waals surface area contributed by atoms with Crippen molar-refractivity contribution in [3.8, 4) is 5.75 Å². The van der Waals surface area contributed by atoms with E-state index in [0.717, 1.165) is 21.4 Å². The van der Waals surface area contributed by atoms with Crippen molar-refractivity contribution in [3.63, 3.8) is 0 Å². The van der Waals surface area contributed by atoms with Crippen LogP contribution in [-0.2, 0) is 0 Å². The third-order valence-electron chi connectivity index (χ3n) is 5.09. The van der Waals surface area contributed by atoms with Gasteiger partial charge in [-0.15, -0.1) is 0 Å². The lowest BCUT2D eigenvalue weighted by molar-refractivity contribution is 0.382. The number of benzene rings is 2. The summed E-state index contributed by atoms with van der Waals surface area (Å²) in [6, 6.07) is 26.4. The van der Waals surface area contributed by atoms with Crippen molar-refractivity contribution in [1.29, 1.82) is 0 Å². The van der Waals surface area contributed by atoms with E-state index < -0.39 is 0 Å². The second kappa shape index (κ2) is 8.45. The van der Waals surface area contributed by atoms with Crippen LogP contribution in [-0.4, -0.2) is 15.2 Å². The molecule has 154 valence electrons. The number of nitrogens with one attached hydrogen (secondary N) is 1. The molecule has 2 atom stereocenters. The van der Waals surface area contributed by atoms with Gasteiger partial charge in [-0.3, -0.25) is 4.98 Å². The Morgan fingerprint density at radius 2 is 1.71 bits per heavy atom. The van der Waals surface area contributed by atoms with Crippen molar-refractivity contribution < 1.29 is 9.52 Å². The molecule has 31 heavy (non-hydrogen) atoms. The standard InChI is InChI=1S/C24H19N3O2S2/c28-19-12-5-4-11-18(19)27-23(22(26-24(27)30)17-10-6-7-15-25-17)20-13-14-21(29-20)31-16-8-2-1-3-9-16/h1-15,22-23,28H,(H,26,30)/t22-,23+/m1/s1. The van der Waals surface area contributed by atoms with Gasteiger partial charge in [0, 0.05) is 11.1 Å². The number of aromatic hydroxyl groups is 1. The molecule has 4 aromatic rings. The number of aromatic nitrogens is 1. The third-order valence-corrected chi connectivity index (χ3v) is 6.34. The number of thiocarbonyl (C=S) groups is 1. The zero-order valence-corrected chi connectivity index (χ0v) is 18.0. The summed E-state index contributed by atoms with van der Waals surface area (Å²) in [6.07, 6.45) is 1.76. The zero-order chi connectivity index (χ0) is 21.2.